The highest BCUT2D eigenvalue weighted by Gasteiger charge is 1.87. The van der Waals surface area contributed by atoms with Gasteiger partial charge in [-0.2, -0.15) is 0 Å². The van der Waals surface area contributed by atoms with Gasteiger partial charge in [-0.25, -0.2) is 9.97 Å². The van der Waals surface area contributed by atoms with Gasteiger partial charge in [-0.1, -0.05) is 12.6 Å². The van der Waals surface area contributed by atoms with E-state index in [0.29, 0.717) is 0 Å². The first-order valence-electron chi connectivity index (χ1n) is 2.76. The Kier molecular flexibility index (Phi) is 2.51. The zero-order chi connectivity index (χ0) is 6.53. The second-order valence-electron chi connectivity index (χ2n) is 1.65. The highest BCUT2D eigenvalue weighted by Crippen LogP contribution is 1.92. The molecule has 3 heteroatoms. The minimum Gasteiger partial charge on any atom is -0.245 e. The van der Waals surface area contributed by atoms with Gasteiger partial charge in [0.25, 0.3) is 0 Å². The largest absolute Gasteiger partial charge is 0.245 e. The van der Waals surface area contributed by atoms with Crippen LogP contribution < -0.4 is 0 Å². The molecular formula is C6H7N2S. The predicted octanol–water partition coefficient (Wildman–Crippen LogP) is 1.22. The molecule has 0 bridgehead atoms. The zero-order valence-electron chi connectivity index (χ0n) is 4.95. The first-order valence-corrected chi connectivity index (χ1v) is 3.34. The lowest BCUT2D eigenvalue weighted by Gasteiger charge is -1.91. The molecule has 0 spiro atoms. The van der Waals surface area contributed by atoms with Gasteiger partial charge in [0.15, 0.2) is 0 Å². The van der Waals surface area contributed by atoms with Crippen molar-refractivity contribution in [3.8, 4) is 0 Å². The lowest BCUT2D eigenvalue weighted by Crippen LogP contribution is -1.89. The van der Waals surface area contributed by atoms with Crippen LogP contribution in [0.4, 0.5) is 0 Å². The molecule has 0 aliphatic heterocycles. The lowest BCUT2D eigenvalue weighted by atomic mass is 10.3. The second-order valence-corrected chi connectivity index (χ2v) is 2.06. The van der Waals surface area contributed by atoms with E-state index in [1.807, 2.05) is 6.07 Å². The van der Waals surface area contributed by atoms with Gasteiger partial charge in [0, 0.05) is 17.6 Å². The molecule has 1 aromatic heterocycles. The van der Waals surface area contributed by atoms with Crippen LogP contribution in [-0.2, 0) is 6.42 Å². The van der Waals surface area contributed by atoms with E-state index >= 15 is 0 Å². The van der Waals surface area contributed by atoms with Crippen LogP contribution in [0.1, 0.15) is 5.69 Å². The first-order chi connectivity index (χ1) is 4.43. The topological polar surface area (TPSA) is 25.8 Å². The summed E-state index contributed by atoms with van der Waals surface area (Å²) in [5.41, 5.74) is 1.03. The minimum atomic E-state index is 0.733. The van der Waals surface area contributed by atoms with Gasteiger partial charge in [-0.3, -0.25) is 0 Å². The Hall–Kier alpha value is -0.570. The number of aromatic nitrogens is 2. The van der Waals surface area contributed by atoms with E-state index in [4.69, 9.17) is 12.6 Å². The zero-order valence-corrected chi connectivity index (χ0v) is 5.77. The molecule has 0 fully saturated rings. The number of hydrogen-bond donors (Lipinski definition) is 0. The molecule has 2 nitrogen and oxygen atoms in total. The molecule has 9 heavy (non-hydrogen) atoms. The van der Waals surface area contributed by atoms with E-state index in [-0.39, 0.29) is 0 Å². The first kappa shape index (κ1) is 6.55. The Morgan fingerprint density at radius 2 is 2.44 bits per heavy atom. The number of rotatable bonds is 2. The van der Waals surface area contributed by atoms with Crippen molar-refractivity contribution in [3.05, 3.63) is 24.3 Å². The molecule has 1 rings (SSSR count). The van der Waals surface area contributed by atoms with Crippen LogP contribution >= 0.6 is 12.6 Å². The fourth-order valence-corrected chi connectivity index (χ4v) is 0.780. The van der Waals surface area contributed by atoms with E-state index in [9.17, 15) is 0 Å². The van der Waals surface area contributed by atoms with Crippen LogP contribution in [0.15, 0.2) is 18.6 Å². The van der Waals surface area contributed by atoms with Crippen LogP contribution in [0.5, 0.6) is 0 Å². The molecule has 0 unspecified atom stereocenters. The minimum absolute atomic E-state index is 0.733. The molecule has 0 aromatic carbocycles. The monoisotopic (exact) mass is 139 g/mol. The quantitative estimate of drug-likeness (QED) is 0.615. The van der Waals surface area contributed by atoms with Crippen molar-refractivity contribution in [2.24, 2.45) is 0 Å². The smallest absolute Gasteiger partial charge is 0.115 e. The molecule has 0 saturated carbocycles. The van der Waals surface area contributed by atoms with Gasteiger partial charge < -0.3 is 0 Å². The highest BCUT2D eigenvalue weighted by atomic mass is 32.1. The van der Waals surface area contributed by atoms with E-state index < -0.39 is 0 Å². The maximum atomic E-state index is 4.77. The van der Waals surface area contributed by atoms with Gasteiger partial charge >= 0.3 is 0 Å². The van der Waals surface area contributed by atoms with Crippen LogP contribution in [0.2, 0.25) is 0 Å². The van der Waals surface area contributed by atoms with E-state index in [0.717, 1.165) is 17.9 Å². The molecule has 1 aromatic rings. The Morgan fingerprint density at radius 1 is 1.56 bits per heavy atom. The Balaban J connectivity index is 2.61. The summed E-state index contributed by atoms with van der Waals surface area (Å²) in [6.07, 6.45) is 4.14. The van der Waals surface area contributed by atoms with E-state index in [1.54, 1.807) is 12.5 Å². The fraction of sp³-hybridized carbons (Fsp3) is 0.333. The number of hydrogen-bond acceptors (Lipinski definition) is 2. The van der Waals surface area contributed by atoms with Gasteiger partial charge in [0.05, 0.1) is 0 Å². The average Bonchev–Trinajstić information content (AvgIpc) is 1.91. The summed E-state index contributed by atoms with van der Waals surface area (Å²) in [4.78, 5) is 7.77. The maximum Gasteiger partial charge on any atom is 0.115 e. The lowest BCUT2D eigenvalue weighted by molar-refractivity contribution is 1.01. The Bertz CT molecular complexity index is 164. The summed E-state index contributed by atoms with van der Waals surface area (Å²) in [7, 11) is 0. The summed E-state index contributed by atoms with van der Waals surface area (Å²) in [5, 5.41) is 0. The van der Waals surface area contributed by atoms with Gasteiger partial charge in [-0.15, -0.1) is 0 Å². The van der Waals surface area contributed by atoms with Crippen LogP contribution in [0.3, 0.4) is 0 Å². The summed E-state index contributed by atoms with van der Waals surface area (Å²) in [5.74, 6) is 0.733. The standard InChI is InChI=1S/C6H7N2S/c9-4-2-6-1-3-7-5-8-6/h1,3,5H,2,4H2. The maximum absolute atomic E-state index is 4.77. The predicted molar refractivity (Wildman–Crippen MR) is 38.2 cm³/mol. The molecule has 0 atom stereocenters. The molecule has 0 saturated heterocycles. The van der Waals surface area contributed by atoms with Crippen molar-refractivity contribution in [1.82, 2.24) is 9.97 Å². The third kappa shape index (κ3) is 2.01. The number of aryl methyl sites for hydroxylation is 1. The summed E-state index contributed by atoms with van der Waals surface area (Å²) in [6, 6.07) is 1.88. The van der Waals surface area contributed by atoms with E-state index in [2.05, 4.69) is 9.97 Å². The summed E-state index contributed by atoms with van der Waals surface area (Å²) < 4.78 is 0. The molecule has 1 radical (unpaired) electrons. The van der Waals surface area contributed by atoms with E-state index in [1.165, 1.54) is 0 Å². The van der Waals surface area contributed by atoms with Crippen molar-refractivity contribution in [2.45, 2.75) is 6.42 Å². The normalized spacial score (nSPS) is 9.44. The third-order valence-electron chi connectivity index (χ3n) is 1.00. The van der Waals surface area contributed by atoms with Gasteiger partial charge in [0.1, 0.15) is 6.33 Å². The molecule has 0 aliphatic rings. The fourth-order valence-electron chi connectivity index (χ4n) is 0.571. The second kappa shape index (κ2) is 3.45. The van der Waals surface area contributed by atoms with Crippen LogP contribution in [0.25, 0.3) is 0 Å². The highest BCUT2D eigenvalue weighted by molar-refractivity contribution is 7.80. The molecule has 1 heterocycles. The molecule has 0 aliphatic carbocycles. The van der Waals surface area contributed by atoms with Crippen molar-refractivity contribution in [3.63, 3.8) is 0 Å². The summed E-state index contributed by atoms with van der Waals surface area (Å²) in [6.45, 7) is 0. The average molecular weight is 139 g/mol. The SMILES string of the molecule is [S]CCc1ccncn1. The van der Waals surface area contributed by atoms with Gasteiger partial charge in [-0.05, 0) is 12.5 Å². The van der Waals surface area contributed by atoms with Crippen LogP contribution in [0, 0.1) is 0 Å². The molecular weight excluding hydrogens is 132 g/mol. The molecule has 47 valence electrons. The van der Waals surface area contributed by atoms with Crippen molar-refractivity contribution < 1.29 is 0 Å². The van der Waals surface area contributed by atoms with Crippen molar-refractivity contribution in [1.29, 1.82) is 0 Å². The Morgan fingerprint density at radius 3 is 3.00 bits per heavy atom. The molecule has 0 amide bonds. The van der Waals surface area contributed by atoms with Crippen molar-refractivity contribution >= 4 is 12.6 Å². The summed E-state index contributed by atoms with van der Waals surface area (Å²) >= 11 is 4.77. The Labute approximate surface area is 59.8 Å². The van der Waals surface area contributed by atoms with Gasteiger partial charge in [0.2, 0.25) is 0 Å². The van der Waals surface area contributed by atoms with Crippen LogP contribution in [-0.4, -0.2) is 15.7 Å². The number of nitrogens with zero attached hydrogens (tertiary/aromatic N) is 2. The van der Waals surface area contributed by atoms with Crippen molar-refractivity contribution in [2.75, 3.05) is 5.75 Å². The molecule has 0 N–H and O–H groups in total. The third-order valence-corrected chi connectivity index (χ3v) is 1.21.